The Bertz CT molecular complexity index is 464. The molecule has 0 aliphatic heterocycles. The molecule has 0 amide bonds. The number of ether oxygens (including phenoxy) is 1. The maximum absolute atomic E-state index is 5.15. The van der Waals surface area contributed by atoms with E-state index in [1.165, 1.54) is 0 Å². The lowest BCUT2D eigenvalue weighted by atomic mass is 10.3. The van der Waals surface area contributed by atoms with Crippen LogP contribution in [-0.4, -0.2) is 23.0 Å². The summed E-state index contributed by atoms with van der Waals surface area (Å²) in [6.45, 7) is 4.38. The summed E-state index contributed by atoms with van der Waals surface area (Å²) in [5, 5.41) is 3.30. The van der Waals surface area contributed by atoms with E-state index in [0.717, 1.165) is 30.1 Å². The molecule has 1 N–H and O–H groups in total. The first-order chi connectivity index (χ1) is 7.86. The Morgan fingerprint density at radius 2 is 2.31 bits per heavy atom. The zero-order valence-electron chi connectivity index (χ0n) is 9.73. The molecule has 2 aromatic heterocycles. The zero-order chi connectivity index (χ0) is 11.4. The van der Waals surface area contributed by atoms with Gasteiger partial charge in [0.1, 0.15) is 12.4 Å². The molecule has 16 heavy (non-hydrogen) atoms. The number of hydrogen-bond donors (Lipinski definition) is 1. The van der Waals surface area contributed by atoms with Crippen LogP contribution in [0.5, 0.6) is 0 Å². The minimum Gasteiger partial charge on any atom is -0.377 e. The molecule has 2 aromatic rings. The molecular formula is C12H17N3O. The number of methoxy groups -OCH3 is 1. The van der Waals surface area contributed by atoms with E-state index in [0.29, 0.717) is 6.61 Å². The van der Waals surface area contributed by atoms with Crippen LogP contribution in [0.1, 0.15) is 18.4 Å². The number of imidazole rings is 1. The van der Waals surface area contributed by atoms with Gasteiger partial charge in [-0.05, 0) is 18.7 Å². The largest absolute Gasteiger partial charge is 0.377 e. The van der Waals surface area contributed by atoms with Gasteiger partial charge in [-0.2, -0.15) is 0 Å². The molecule has 2 heterocycles. The van der Waals surface area contributed by atoms with Crippen LogP contribution in [0.4, 0.5) is 0 Å². The number of nitrogens with zero attached hydrogens (tertiary/aromatic N) is 2. The van der Waals surface area contributed by atoms with E-state index in [-0.39, 0.29) is 0 Å². The van der Waals surface area contributed by atoms with Gasteiger partial charge in [0.05, 0.1) is 11.2 Å². The van der Waals surface area contributed by atoms with Crippen LogP contribution < -0.4 is 5.32 Å². The molecule has 0 unspecified atom stereocenters. The fourth-order valence-corrected chi connectivity index (χ4v) is 1.77. The van der Waals surface area contributed by atoms with Crippen LogP contribution in [0, 0.1) is 0 Å². The van der Waals surface area contributed by atoms with Crippen molar-refractivity contribution in [1.82, 2.24) is 14.7 Å². The Morgan fingerprint density at radius 3 is 3.06 bits per heavy atom. The van der Waals surface area contributed by atoms with Gasteiger partial charge in [0.15, 0.2) is 0 Å². The van der Waals surface area contributed by atoms with Crippen molar-refractivity contribution in [2.45, 2.75) is 20.1 Å². The van der Waals surface area contributed by atoms with E-state index in [1.807, 2.05) is 18.3 Å². The summed E-state index contributed by atoms with van der Waals surface area (Å²) in [4.78, 5) is 4.59. The summed E-state index contributed by atoms with van der Waals surface area (Å²) in [5.41, 5.74) is 2.23. The molecule has 4 nitrogen and oxygen atoms in total. The second-order valence-corrected chi connectivity index (χ2v) is 3.64. The van der Waals surface area contributed by atoms with Crippen molar-refractivity contribution in [3.05, 3.63) is 35.9 Å². The van der Waals surface area contributed by atoms with Crippen LogP contribution in [0.15, 0.2) is 24.4 Å². The van der Waals surface area contributed by atoms with Crippen LogP contribution in [-0.2, 0) is 17.9 Å². The molecule has 0 fully saturated rings. The number of pyridine rings is 1. The van der Waals surface area contributed by atoms with Gasteiger partial charge in [-0.25, -0.2) is 4.98 Å². The molecule has 4 heteroatoms. The Labute approximate surface area is 95.3 Å². The van der Waals surface area contributed by atoms with Gasteiger partial charge in [0.2, 0.25) is 0 Å². The quantitative estimate of drug-likeness (QED) is 0.830. The van der Waals surface area contributed by atoms with Gasteiger partial charge in [0.25, 0.3) is 0 Å². The Balaban J connectivity index is 2.40. The summed E-state index contributed by atoms with van der Waals surface area (Å²) >= 11 is 0. The summed E-state index contributed by atoms with van der Waals surface area (Å²) in [5.74, 6) is 0.950. The average Bonchev–Trinajstić information content (AvgIpc) is 2.66. The fraction of sp³-hybridized carbons (Fsp3) is 0.417. The molecule has 0 aromatic carbocycles. The number of hydrogen-bond acceptors (Lipinski definition) is 3. The van der Waals surface area contributed by atoms with Gasteiger partial charge >= 0.3 is 0 Å². The van der Waals surface area contributed by atoms with Gasteiger partial charge in [-0.15, -0.1) is 0 Å². The number of nitrogens with one attached hydrogen (secondary N) is 1. The third-order valence-corrected chi connectivity index (χ3v) is 2.51. The zero-order valence-corrected chi connectivity index (χ0v) is 9.73. The van der Waals surface area contributed by atoms with Crippen molar-refractivity contribution >= 4 is 5.52 Å². The lowest BCUT2D eigenvalue weighted by Gasteiger charge is -1.99. The third kappa shape index (κ3) is 2.08. The van der Waals surface area contributed by atoms with Crippen LogP contribution in [0.25, 0.3) is 5.52 Å². The van der Waals surface area contributed by atoms with E-state index < -0.39 is 0 Å². The average molecular weight is 219 g/mol. The van der Waals surface area contributed by atoms with Gasteiger partial charge in [-0.3, -0.25) is 0 Å². The van der Waals surface area contributed by atoms with Crippen LogP contribution >= 0.6 is 0 Å². The molecule has 0 aliphatic rings. The second kappa shape index (κ2) is 5.09. The van der Waals surface area contributed by atoms with Crippen LogP contribution in [0.2, 0.25) is 0 Å². The fourth-order valence-electron chi connectivity index (χ4n) is 1.77. The van der Waals surface area contributed by atoms with Crippen molar-refractivity contribution in [2.24, 2.45) is 0 Å². The maximum Gasteiger partial charge on any atom is 0.139 e. The smallest absolute Gasteiger partial charge is 0.139 e. The molecule has 0 radical (unpaired) electrons. The van der Waals surface area contributed by atoms with Crippen molar-refractivity contribution < 1.29 is 4.74 Å². The standard InChI is InChI=1S/C12H17N3O/c1-3-13-8-10-11-6-4-5-7-15(11)12(14-10)9-16-2/h4-7,13H,3,8-9H2,1-2H3. The summed E-state index contributed by atoms with van der Waals surface area (Å²) < 4.78 is 7.23. The lowest BCUT2D eigenvalue weighted by Crippen LogP contribution is -2.12. The molecule has 0 saturated carbocycles. The molecular weight excluding hydrogens is 202 g/mol. The first-order valence-electron chi connectivity index (χ1n) is 5.51. The number of fused-ring (bicyclic) bond motifs is 1. The van der Waals surface area contributed by atoms with E-state index in [4.69, 9.17) is 4.74 Å². The summed E-state index contributed by atoms with van der Waals surface area (Å²) in [6, 6.07) is 6.12. The minimum atomic E-state index is 0.539. The minimum absolute atomic E-state index is 0.539. The topological polar surface area (TPSA) is 38.6 Å². The van der Waals surface area contributed by atoms with Crippen molar-refractivity contribution in [3.8, 4) is 0 Å². The highest BCUT2D eigenvalue weighted by Gasteiger charge is 2.09. The molecule has 0 spiro atoms. The Morgan fingerprint density at radius 1 is 1.44 bits per heavy atom. The van der Waals surface area contributed by atoms with Gasteiger partial charge in [0, 0.05) is 19.9 Å². The monoisotopic (exact) mass is 219 g/mol. The van der Waals surface area contributed by atoms with Crippen molar-refractivity contribution in [2.75, 3.05) is 13.7 Å². The first kappa shape index (κ1) is 11.1. The maximum atomic E-state index is 5.15. The van der Waals surface area contributed by atoms with Crippen LogP contribution in [0.3, 0.4) is 0 Å². The lowest BCUT2D eigenvalue weighted by molar-refractivity contribution is 0.177. The highest BCUT2D eigenvalue weighted by molar-refractivity contribution is 5.53. The van der Waals surface area contributed by atoms with Crippen molar-refractivity contribution in [1.29, 1.82) is 0 Å². The number of aromatic nitrogens is 2. The third-order valence-electron chi connectivity index (χ3n) is 2.51. The normalized spacial score (nSPS) is 11.1. The predicted molar refractivity (Wildman–Crippen MR) is 63.3 cm³/mol. The summed E-state index contributed by atoms with van der Waals surface area (Å²) in [7, 11) is 1.69. The van der Waals surface area contributed by atoms with E-state index in [1.54, 1.807) is 7.11 Å². The van der Waals surface area contributed by atoms with Gasteiger partial charge in [-0.1, -0.05) is 13.0 Å². The van der Waals surface area contributed by atoms with E-state index in [2.05, 4.69) is 27.7 Å². The van der Waals surface area contributed by atoms with E-state index in [9.17, 15) is 0 Å². The predicted octanol–water partition coefficient (Wildman–Crippen LogP) is 1.59. The highest BCUT2D eigenvalue weighted by Crippen LogP contribution is 2.13. The molecule has 0 bridgehead atoms. The van der Waals surface area contributed by atoms with Gasteiger partial charge < -0.3 is 14.5 Å². The second-order valence-electron chi connectivity index (χ2n) is 3.64. The van der Waals surface area contributed by atoms with E-state index >= 15 is 0 Å². The number of rotatable bonds is 5. The molecule has 0 aliphatic carbocycles. The Hall–Kier alpha value is -1.39. The molecule has 2 rings (SSSR count). The summed E-state index contributed by atoms with van der Waals surface area (Å²) in [6.07, 6.45) is 2.02. The molecule has 86 valence electrons. The van der Waals surface area contributed by atoms with Crippen molar-refractivity contribution in [3.63, 3.8) is 0 Å². The first-order valence-corrected chi connectivity index (χ1v) is 5.51. The Kier molecular flexibility index (Phi) is 3.54. The SMILES string of the molecule is CCNCc1nc(COC)n2ccccc12. The highest BCUT2D eigenvalue weighted by atomic mass is 16.5. The molecule has 0 saturated heterocycles. The molecule has 0 atom stereocenters.